The average molecular weight is 671 g/mol. The molecule has 8 heteroatoms. The highest BCUT2D eigenvalue weighted by Crippen LogP contribution is 2.58. The summed E-state index contributed by atoms with van der Waals surface area (Å²) in [7, 11) is 0. The van der Waals surface area contributed by atoms with Crippen molar-refractivity contribution in [3.05, 3.63) is 57.3 Å². The van der Waals surface area contributed by atoms with Crippen LogP contribution >= 0.6 is 22.7 Å². The van der Waals surface area contributed by atoms with Gasteiger partial charge in [0.1, 0.15) is 36.2 Å². The standard InChI is InChI=1S/C39H42O6S2/c1-3-5-7-9-15-39(16-10-8-6-4-2)29-21-25(37-35-33(31(23-40)46-37)42-17-19-44-35)11-13-27(29)28-14-12-26(22-30(28)39)38-36-34(32(24-41)47-38)43-18-20-45-36/h11-14,21-24H,3-10,15-20H2,1-2H3. The fourth-order valence-corrected chi connectivity index (χ4v) is 9.63. The minimum atomic E-state index is -0.164. The molecule has 3 aliphatic rings. The van der Waals surface area contributed by atoms with Gasteiger partial charge in [-0.15, -0.1) is 22.7 Å². The van der Waals surface area contributed by atoms with Crippen LogP contribution in [0.2, 0.25) is 0 Å². The average Bonchev–Trinajstić information content (AvgIpc) is 3.77. The van der Waals surface area contributed by atoms with Crippen LogP contribution in [0.25, 0.3) is 32.0 Å². The molecule has 2 aromatic heterocycles. The van der Waals surface area contributed by atoms with E-state index in [2.05, 4.69) is 50.2 Å². The monoisotopic (exact) mass is 670 g/mol. The first-order valence-corrected chi connectivity index (χ1v) is 18.8. The molecule has 4 aromatic rings. The van der Waals surface area contributed by atoms with Crippen LogP contribution in [0.4, 0.5) is 0 Å². The molecule has 0 bridgehead atoms. The number of ether oxygens (including phenoxy) is 4. The van der Waals surface area contributed by atoms with E-state index in [0.717, 1.165) is 59.1 Å². The Hall–Kier alpha value is -3.62. The molecule has 246 valence electrons. The van der Waals surface area contributed by atoms with E-state index in [-0.39, 0.29) is 5.41 Å². The quantitative estimate of drug-likeness (QED) is 0.0982. The summed E-state index contributed by atoms with van der Waals surface area (Å²) in [6, 6.07) is 13.7. The van der Waals surface area contributed by atoms with E-state index in [1.807, 2.05) is 0 Å². The number of carbonyl (C=O) groups excluding carboxylic acids is 2. The highest BCUT2D eigenvalue weighted by molar-refractivity contribution is 7.18. The second-order valence-corrected chi connectivity index (χ2v) is 14.9. The predicted molar refractivity (Wildman–Crippen MR) is 190 cm³/mol. The van der Waals surface area contributed by atoms with Crippen LogP contribution in [0.15, 0.2) is 36.4 Å². The second kappa shape index (κ2) is 13.9. The van der Waals surface area contributed by atoms with E-state index < -0.39 is 0 Å². The second-order valence-electron chi connectivity index (χ2n) is 12.8. The lowest BCUT2D eigenvalue weighted by molar-refractivity contribution is 0.110. The lowest BCUT2D eigenvalue weighted by atomic mass is 9.70. The van der Waals surface area contributed by atoms with E-state index in [9.17, 15) is 9.59 Å². The SMILES string of the molecule is CCCCCCC1(CCCCCC)c2cc(-c3sc(C=O)c4c3OCCO4)ccc2-c2ccc(-c3sc(C=O)c4c3OCCO4)cc21. The Morgan fingerprint density at radius 3 is 1.43 bits per heavy atom. The molecule has 1 aliphatic carbocycles. The van der Waals surface area contributed by atoms with Crippen LogP contribution in [-0.4, -0.2) is 39.0 Å². The summed E-state index contributed by atoms with van der Waals surface area (Å²) in [5.41, 5.74) is 7.25. The third-order valence-corrected chi connectivity index (χ3v) is 12.1. The summed E-state index contributed by atoms with van der Waals surface area (Å²) in [5, 5.41) is 0. The maximum Gasteiger partial charge on any atom is 0.183 e. The Morgan fingerprint density at radius 2 is 1.02 bits per heavy atom. The van der Waals surface area contributed by atoms with Gasteiger partial charge < -0.3 is 18.9 Å². The van der Waals surface area contributed by atoms with Gasteiger partial charge in [-0.3, -0.25) is 9.59 Å². The zero-order valence-electron chi connectivity index (χ0n) is 27.3. The van der Waals surface area contributed by atoms with Crippen molar-refractivity contribution in [2.24, 2.45) is 0 Å². The van der Waals surface area contributed by atoms with Gasteiger partial charge in [0, 0.05) is 5.41 Å². The van der Waals surface area contributed by atoms with Crippen molar-refractivity contribution in [3.63, 3.8) is 0 Å². The van der Waals surface area contributed by atoms with Crippen LogP contribution < -0.4 is 18.9 Å². The minimum absolute atomic E-state index is 0.164. The molecule has 0 N–H and O–H groups in total. The first-order valence-electron chi connectivity index (χ1n) is 17.2. The van der Waals surface area contributed by atoms with Gasteiger partial charge >= 0.3 is 0 Å². The molecule has 4 heterocycles. The molecular weight excluding hydrogens is 629 g/mol. The summed E-state index contributed by atoms with van der Waals surface area (Å²) in [4.78, 5) is 27.1. The van der Waals surface area contributed by atoms with Crippen LogP contribution in [0.3, 0.4) is 0 Å². The minimum Gasteiger partial charge on any atom is -0.485 e. The molecule has 0 spiro atoms. The number of hydrogen-bond acceptors (Lipinski definition) is 8. The van der Waals surface area contributed by atoms with Crippen molar-refractivity contribution >= 4 is 35.2 Å². The van der Waals surface area contributed by atoms with Crippen molar-refractivity contribution in [2.45, 2.75) is 83.5 Å². The maximum atomic E-state index is 12.0. The predicted octanol–water partition coefficient (Wildman–Crippen LogP) is 10.5. The number of hydrogen-bond donors (Lipinski definition) is 0. The number of carbonyl (C=O) groups is 2. The summed E-state index contributed by atoms with van der Waals surface area (Å²) in [6.07, 6.45) is 13.4. The van der Waals surface area contributed by atoms with Gasteiger partial charge in [0.2, 0.25) is 0 Å². The van der Waals surface area contributed by atoms with Gasteiger partial charge in [-0.25, -0.2) is 0 Å². The smallest absolute Gasteiger partial charge is 0.183 e. The van der Waals surface area contributed by atoms with Crippen molar-refractivity contribution in [2.75, 3.05) is 26.4 Å². The van der Waals surface area contributed by atoms with Gasteiger partial charge in [-0.1, -0.05) is 89.5 Å². The van der Waals surface area contributed by atoms with Gasteiger partial charge in [0.15, 0.2) is 35.6 Å². The zero-order valence-corrected chi connectivity index (χ0v) is 28.9. The highest BCUT2D eigenvalue weighted by atomic mass is 32.1. The molecule has 0 unspecified atom stereocenters. The number of unbranched alkanes of at least 4 members (excludes halogenated alkanes) is 6. The van der Waals surface area contributed by atoms with Gasteiger partial charge in [0.05, 0.1) is 9.75 Å². The van der Waals surface area contributed by atoms with Crippen molar-refractivity contribution in [1.82, 2.24) is 0 Å². The van der Waals surface area contributed by atoms with E-state index in [1.54, 1.807) is 0 Å². The number of rotatable bonds is 14. The van der Waals surface area contributed by atoms with E-state index in [1.165, 1.54) is 83.5 Å². The molecule has 0 atom stereocenters. The third kappa shape index (κ3) is 5.67. The summed E-state index contributed by atoms with van der Waals surface area (Å²) in [5.74, 6) is 2.53. The topological polar surface area (TPSA) is 71.1 Å². The zero-order chi connectivity index (χ0) is 32.4. The Balaban J connectivity index is 1.39. The Kier molecular flexibility index (Phi) is 9.42. The first-order chi connectivity index (χ1) is 23.1. The molecule has 6 nitrogen and oxygen atoms in total. The number of fused-ring (bicyclic) bond motifs is 5. The molecular formula is C39H42O6S2. The number of aldehydes is 2. The number of thiophene rings is 2. The molecule has 2 aromatic carbocycles. The molecule has 0 saturated heterocycles. The molecule has 47 heavy (non-hydrogen) atoms. The van der Waals surface area contributed by atoms with Crippen LogP contribution in [0.1, 0.15) is 109 Å². The molecule has 7 rings (SSSR count). The fourth-order valence-electron chi connectivity index (χ4n) is 7.63. The van der Waals surface area contributed by atoms with Crippen molar-refractivity contribution < 1.29 is 28.5 Å². The molecule has 2 aliphatic heterocycles. The Bertz CT molecular complexity index is 1650. The summed E-state index contributed by atoms with van der Waals surface area (Å²) < 4.78 is 24.0. The largest absolute Gasteiger partial charge is 0.485 e. The molecule has 0 amide bonds. The first kappa shape index (κ1) is 32.0. The van der Waals surface area contributed by atoms with Crippen molar-refractivity contribution in [1.29, 1.82) is 0 Å². The summed E-state index contributed by atoms with van der Waals surface area (Å²) in [6.45, 7) is 6.37. The van der Waals surface area contributed by atoms with E-state index in [4.69, 9.17) is 18.9 Å². The highest BCUT2D eigenvalue weighted by Gasteiger charge is 2.43. The maximum absolute atomic E-state index is 12.0. The molecule has 0 saturated carbocycles. The van der Waals surface area contributed by atoms with Crippen LogP contribution in [-0.2, 0) is 5.41 Å². The molecule has 0 radical (unpaired) electrons. The van der Waals surface area contributed by atoms with E-state index in [0.29, 0.717) is 59.2 Å². The van der Waals surface area contributed by atoms with Gasteiger partial charge in [-0.2, -0.15) is 0 Å². The van der Waals surface area contributed by atoms with Crippen LogP contribution in [0, 0.1) is 0 Å². The van der Waals surface area contributed by atoms with Crippen LogP contribution in [0.5, 0.6) is 23.0 Å². The lowest BCUT2D eigenvalue weighted by Gasteiger charge is -2.33. The fraction of sp³-hybridized carbons (Fsp3) is 0.436. The number of benzene rings is 2. The Morgan fingerprint density at radius 1 is 0.596 bits per heavy atom. The van der Waals surface area contributed by atoms with E-state index >= 15 is 0 Å². The third-order valence-electron chi connectivity index (χ3n) is 9.86. The van der Waals surface area contributed by atoms with Gasteiger partial charge in [0.25, 0.3) is 0 Å². The van der Waals surface area contributed by atoms with Gasteiger partial charge in [-0.05, 0) is 58.4 Å². The summed E-state index contributed by atoms with van der Waals surface area (Å²) >= 11 is 2.91. The molecule has 0 fully saturated rings. The lowest BCUT2D eigenvalue weighted by Crippen LogP contribution is -2.25. The Labute approximate surface area is 285 Å². The van der Waals surface area contributed by atoms with Crippen molar-refractivity contribution in [3.8, 4) is 55.0 Å². The normalized spacial score (nSPS) is 15.3.